The van der Waals surface area contributed by atoms with Crippen LogP contribution in [0.4, 0.5) is 0 Å². The number of nitrogens with one attached hydrogen (secondary N) is 1. The Hall–Kier alpha value is -3.68. The van der Waals surface area contributed by atoms with Crippen LogP contribution in [-0.4, -0.2) is 28.3 Å². The van der Waals surface area contributed by atoms with E-state index in [0.29, 0.717) is 12.0 Å². The van der Waals surface area contributed by atoms with Gasteiger partial charge in [-0.05, 0) is 31.0 Å². The van der Waals surface area contributed by atoms with Gasteiger partial charge < -0.3 is 14.5 Å². The maximum absolute atomic E-state index is 12.2. The summed E-state index contributed by atoms with van der Waals surface area (Å²) in [5, 5.41) is 6.83. The van der Waals surface area contributed by atoms with E-state index in [9.17, 15) is 14.4 Å². The molecule has 0 aliphatic carbocycles. The molecule has 3 rings (SSSR count). The summed E-state index contributed by atoms with van der Waals surface area (Å²) in [5.41, 5.74) is 2.72. The van der Waals surface area contributed by atoms with Gasteiger partial charge in [0.25, 0.3) is 5.91 Å². The molecule has 1 atom stereocenters. The molecule has 1 amide bonds. The number of hydrogen-bond donors (Lipinski definition) is 1. The number of hydrogen-bond acceptors (Lipinski definition) is 6. The first-order valence-corrected chi connectivity index (χ1v) is 9.61. The molecule has 0 unspecified atom stereocenters. The summed E-state index contributed by atoms with van der Waals surface area (Å²) < 4.78 is 10.9. The molecule has 0 saturated heterocycles. The lowest BCUT2D eigenvalue weighted by molar-refractivity contribution is -0.149. The summed E-state index contributed by atoms with van der Waals surface area (Å²) >= 11 is 0. The first kappa shape index (κ1) is 21.0. The predicted molar refractivity (Wildman–Crippen MR) is 110 cm³/mol. The monoisotopic (exact) mass is 409 g/mol. The number of benzene rings is 2. The summed E-state index contributed by atoms with van der Waals surface area (Å²) in [6, 6.07) is 16.5. The second-order valence-electron chi connectivity index (χ2n) is 6.80. The largest absolute Gasteiger partial charge is 0.454 e. The standard InChI is InChI=1S/C22H23N3O5/c1-3-18(16-11-9-15(2)10-12-16)23-19(26)14-29-20(27)13-25-22(28)30-21(24-25)17-7-5-4-6-8-17/h4-12,18H,3,13-14H2,1-2H3,(H,23,26)/t18-/m0/s1. The molecule has 1 aromatic heterocycles. The molecule has 0 bridgehead atoms. The van der Waals surface area contributed by atoms with Crippen LogP contribution in [0.2, 0.25) is 0 Å². The number of rotatable bonds is 8. The van der Waals surface area contributed by atoms with Crippen LogP contribution in [0.3, 0.4) is 0 Å². The van der Waals surface area contributed by atoms with Gasteiger partial charge in [0.1, 0.15) is 6.54 Å². The van der Waals surface area contributed by atoms with Crippen molar-refractivity contribution in [3.63, 3.8) is 0 Å². The minimum atomic E-state index is -0.777. The van der Waals surface area contributed by atoms with Crippen LogP contribution in [0.25, 0.3) is 11.5 Å². The topological polar surface area (TPSA) is 103 Å². The van der Waals surface area contributed by atoms with Crippen molar-refractivity contribution >= 4 is 11.9 Å². The maximum atomic E-state index is 12.2. The van der Waals surface area contributed by atoms with E-state index in [-0.39, 0.29) is 11.9 Å². The van der Waals surface area contributed by atoms with Gasteiger partial charge in [-0.3, -0.25) is 9.59 Å². The van der Waals surface area contributed by atoms with Crippen LogP contribution in [0.5, 0.6) is 0 Å². The van der Waals surface area contributed by atoms with Crippen molar-refractivity contribution in [1.29, 1.82) is 0 Å². The highest BCUT2D eigenvalue weighted by atomic mass is 16.5. The molecule has 0 aliphatic rings. The molecule has 3 aromatic rings. The minimum absolute atomic E-state index is 0.107. The van der Waals surface area contributed by atoms with Crippen molar-refractivity contribution in [2.24, 2.45) is 0 Å². The van der Waals surface area contributed by atoms with Crippen molar-refractivity contribution in [1.82, 2.24) is 15.1 Å². The van der Waals surface area contributed by atoms with Crippen LogP contribution in [0.1, 0.15) is 30.5 Å². The smallest absolute Gasteiger partial charge is 0.437 e. The van der Waals surface area contributed by atoms with Crippen molar-refractivity contribution in [3.05, 3.63) is 76.3 Å². The van der Waals surface area contributed by atoms with E-state index in [1.54, 1.807) is 24.3 Å². The van der Waals surface area contributed by atoms with Crippen LogP contribution in [0, 0.1) is 6.92 Å². The molecule has 0 spiro atoms. The second-order valence-corrected chi connectivity index (χ2v) is 6.80. The molecular weight excluding hydrogens is 386 g/mol. The van der Waals surface area contributed by atoms with Gasteiger partial charge >= 0.3 is 11.7 Å². The normalized spacial score (nSPS) is 11.7. The molecule has 156 valence electrons. The Balaban J connectivity index is 1.53. The highest BCUT2D eigenvalue weighted by molar-refractivity contribution is 5.80. The van der Waals surface area contributed by atoms with Gasteiger partial charge in [0.2, 0.25) is 5.89 Å². The molecular formula is C22H23N3O5. The number of aryl methyl sites for hydroxylation is 1. The predicted octanol–water partition coefficient (Wildman–Crippen LogP) is 2.62. The summed E-state index contributed by atoms with van der Waals surface area (Å²) in [7, 11) is 0. The molecule has 2 aromatic carbocycles. The highest BCUT2D eigenvalue weighted by Crippen LogP contribution is 2.17. The molecule has 0 fully saturated rings. The Morgan fingerprint density at radius 1 is 1.13 bits per heavy atom. The van der Waals surface area contributed by atoms with Crippen molar-refractivity contribution in [2.45, 2.75) is 32.9 Å². The fourth-order valence-corrected chi connectivity index (χ4v) is 2.87. The fraction of sp³-hybridized carbons (Fsp3) is 0.273. The average molecular weight is 409 g/mol. The van der Waals surface area contributed by atoms with Gasteiger partial charge in [0.15, 0.2) is 6.61 Å². The summed E-state index contributed by atoms with van der Waals surface area (Å²) in [5.74, 6) is -1.85. The van der Waals surface area contributed by atoms with Gasteiger partial charge in [-0.25, -0.2) is 4.79 Å². The van der Waals surface area contributed by atoms with E-state index in [2.05, 4.69) is 10.4 Å². The summed E-state index contributed by atoms with van der Waals surface area (Å²) in [4.78, 5) is 36.1. The molecule has 1 heterocycles. The minimum Gasteiger partial charge on any atom is -0.454 e. The van der Waals surface area contributed by atoms with Crippen LogP contribution in [-0.2, 0) is 20.9 Å². The Morgan fingerprint density at radius 3 is 2.50 bits per heavy atom. The van der Waals surface area contributed by atoms with Gasteiger partial charge in [0.05, 0.1) is 6.04 Å². The Kier molecular flexibility index (Phi) is 6.79. The van der Waals surface area contributed by atoms with E-state index in [1.165, 1.54) is 0 Å². The van der Waals surface area contributed by atoms with Gasteiger partial charge in [-0.2, -0.15) is 4.68 Å². The van der Waals surface area contributed by atoms with Crippen LogP contribution >= 0.6 is 0 Å². The van der Waals surface area contributed by atoms with E-state index in [1.807, 2.05) is 44.2 Å². The van der Waals surface area contributed by atoms with Crippen molar-refractivity contribution in [2.75, 3.05) is 6.61 Å². The average Bonchev–Trinajstić information content (AvgIpc) is 3.12. The highest BCUT2D eigenvalue weighted by Gasteiger charge is 2.17. The number of carbonyl (C=O) groups is 2. The third kappa shape index (κ3) is 5.44. The second kappa shape index (κ2) is 9.69. The lowest BCUT2D eigenvalue weighted by Crippen LogP contribution is -2.33. The van der Waals surface area contributed by atoms with Crippen LogP contribution < -0.4 is 11.1 Å². The number of nitrogens with zero attached hydrogens (tertiary/aromatic N) is 2. The first-order valence-electron chi connectivity index (χ1n) is 9.61. The zero-order chi connectivity index (χ0) is 21.5. The molecule has 8 heteroatoms. The number of ether oxygens (including phenoxy) is 1. The molecule has 0 radical (unpaired) electrons. The number of aromatic nitrogens is 2. The molecule has 30 heavy (non-hydrogen) atoms. The Morgan fingerprint density at radius 2 is 1.83 bits per heavy atom. The molecule has 1 N–H and O–H groups in total. The maximum Gasteiger partial charge on any atom is 0.437 e. The molecule has 0 aliphatic heterocycles. The quantitative estimate of drug-likeness (QED) is 0.574. The van der Waals surface area contributed by atoms with Gasteiger partial charge in [-0.15, -0.1) is 5.10 Å². The Labute approximate surface area is 173 Å². The van der Waals surface area contributed by atoms with E-state index >= 15 is 0 Å². The fourth-order valence-electron chi connectivity index (χ4n) is 2.87. The number of amides is 1. The zero-order valence-electron chi connectivity index (χ0n) is 16.8. The van der Waals surface area contributed by atoms with E-state index in [4.69, 9.17) is 9.15 Å². The number of esters is 1. The van der Waals surface area contributed by atoms with Gasteiger partial charge in [-0.1, -0.05) is 55.0 Å². The van der Waals surface area contributed by atoms with Crippen molar-refractivity contribution < 1.29 is 18.7 Å². The zero-order valence-corrected chi connectivity index (χ0v) is 16.8. The van der Waals surface area contributed by atoms with E-state index in [0.717, 1.165) is 15.8 Å². The summed E-state index contributed by atoms with van der Waals surface area (Å²) in [6.45, 7) is 3.06. The lowest BCUT2D eigenvalue weighted by atomic mass is 10.0. The third-order valence-electron chi connectivity index (χ3n) is 4.49. The SMILES string of the molecule is CC[C@H](NC(=O)COC(=O)Cn1nc(-c2ccccc2)oc1=O)c1ccc(C)cc1. The van der Waals surface area contributed by atoms with Crippen LogP contribution in [0.15, 0.2) is 63.8 Å². The Bertz CT molecular complexity index is 1050. The van der Waals surface area contributed by atoms with Crippen molar-refractivity contribution in [3.8, 4) is 11.5 Å². The molecule has 8 nitrogen and oxygen atoms in total. The number of carbonyl (C=O) groups excluding carboxylic acids is 2. The lowest BCUT2D eigenvalue weighted by Gasteiger charge is -2.17. The molecule has 0 saturated carbocycles. The van der Waals surface area contributed by atoms with E-state index < -0.39 is 30.8 Å². The summed E-state index contributed by atoms with van der Waals surface area (Å²) in [6.07, 6.45) is 0.694. The third-order valence-corrected chi connectivity index (χ3v) is 4.49. The first-order chi connectivity index (χ1) is 14.5. The van der Waals surface area contributed by atoms with Gasteiger partial charge in [0, 0.05) is 5.56 Å².